The number of hydrogen-bond donors (Lipinski definition) is 0. The van der Waals surface area contributed by atoms with E-state index in [1.54, 1.807) is 13.0 Å². The van der Waals surface area contributed by atoms with E-state index in [9.17, 15) is 9.59 Å². The molecule has 1 unspecified atom stereocenters. The largest absolute Gasteiger partial charge is 0.481 e. The molecule has 1 aromatic carbocycles. The van der Waals surface area contributed by atoms with Gasteiger partial charge in [0.25, 0.3) is 5.91 Å². The van der Waals surface area contributed by atoms with Gasteiger partial charge in [0.2, 0.25) is 0 Å². The topological polar surface area (TPSA) is 59.8 Å². The van der Waals surface area contributed by atoms with Crippen molar-refractivity contribution >= 4 is 16.9 Å². The molecule has 0 N–H and O–H groups in total. The summed E-state index contributed by atoms with van der Waals surface area (Å²) in [6, 6.07) is 6.80. The molecule has 5 nitrogen and oxygen atoms in total. The van der Waals surface area contributed by atoms with Crippen molar-refractivity contribution in [2.45, 2.75) is 45.6 Å². The second-order valence-corrected chi connectivity index (χ2v) is 6.41. The Kier molecular flexibility index (Phi) is 4.88. The van der Waals surface area contributed by atoms with E-state index in [1.165, 1.54) is 18.9 Å². The minimum atomic E-state index is -0.558. The first kappa shape index (κ1) is 16.6. The van der Waals surface area contributed by atoms with Gasteiger partial charge in [0.05, 0.1) is 0 Å². The van der Waals surface area contributed by atoms with E-state index in [4.69, 9.17) is 9.15 Å². The fourth-order valence-corrected chi connectivity index (χ4v) is 3.18. The maximum atomic E-state index is 12.6. The summed E-state index contributed by atoms with van der Waals surface area (Å²) in [7, 11) is 0. The minimum Gasteiger partial charge on any atom is -0.481 e. The Bertz CT molecular complexity index is 788. The molecule has 1 fully saturated rings. The van der Waals surface area contributed by atoms with Crippen LogP contribution < -0.4 is 10.4 Å². The third-order valence-electron chi connectivity index (χ3n) is 4.50. The van der Waals surface area contributed by atoms with Crippen molar-refractivity contribution in [3.8, 4) is 5.75 Å². The lowest BCUT2D eigenvalue weighted by Crippen LogP contribution is -2.40. The van der Waals surface area contributed by atoms with Crippen LogP contribution in [0.5, 0.6) is 5.75 Å². The zero-order chi connectivity index (χ0) is 17.1. The lowest BCUT2D eigenvalue weighted by atomic mass is 10.1. The molecule has 2 aromatic rings. The molecule has 1 atom stereocenters. The van der Waals surface area contributed by atoms with E-state index < -0.39 is 6.10 Å². The normalized spacial score (nSPS) is 16.7. The SMILES string of the molecule is Cc1cc(=O)oc2cc(OC(C)C(=O)N3CCCCCC3)ccc12. The highest BCUT2D eigenvalue weighted by atomic mass is 16.5. The van der Waals surface area contributed by atoms with Gasteiger partial charge >= 0.3 is 5.63 Å². The minimum absolute atomic E-state index is 0.0164. The molecular formula is C19H23NO4. The first-order valence-electron chi connectivity index (χ1n) is 8.54. The second kappa shape index (κ2) is 7.07. The number of likely N-dealkylation sites (tertiary alicyclic amines) is 1. The van der Waals surface area contributed by atoms with E-state index in [0.29, 0.717) is 11.3 Å². The molecule has 1 aromatic heterocycles. The molecule has 3 rings (SSSR count). The molecule has 1 aliphatic rings. The van der Waals surface area contributed by atoms with Crippen molar-refractivity contribution in [2.75, 3.05) is 13.1 Å². The number of benzene rings is 1. The molecule has 0 bridgehead atoms. The molecule has 128 valence electrons. The number of aryl methyl sites for hydroxylation is 1. The van der Waals surface area contributed by atoms with Crippen LogP contribution in [0.1, 0.15) is 38.2 Å². The summed E-state index contributed by atoms with van der Waals surface area (Å²) in [4.78, 5) is 26.0. The lowest BCUT2D eigenvalue weighted by molar-refractivity contribution is -0.137. The molecule has 0 aliphatic carbocycles. The fraction of sp³-hybridized carbons (Fsp3) is 0.474. The molecule has 1 amide bonds. The van der Waals surface area contributed by atoms with Crippen LogP contribution >= 0.6 is 0 Å². The van der Waals surface area contributed by atoms with Crippen molar-refractivity contribution < 1.29 is 13.9 Å². The standard InChI is InChI=1S/C19H23NO4/c1-13-11-18(21)24-17-12-15(7-8-16(13)17)23-14(2)19(22)20-9-5-3-4-6-10-20/h7-8,11-12,14H,3-6,9-10H2,1-2H3. The third-order valence-corrected chi connectivity index (χ3v) is 4.50. The summed E-state index contributed by atoms with van der Waals surface area (Å²) < 4.78 is 11.0. The van der Waals surface area contributed by atoms with Crippen molar-refractivity contribution in [1.29, 1.82) is 0 Å². The quantitative estimate of drug-likeness (QED) is 0.811. The van der Waals surface area contributed by atoms with Gasteiger partial charge in [0, 0.05) is 30.6 Å². The maximum Gasteiger partial charge on any atom is 0.336 e. The molecule has 2 heterocycles. The first-order valence-corrected chi connectivity index (χ1v) is 8.54. The monoisotopic (exact) mass is 329 g/mol. The molecule has 5 heteroatoms. The Morgan fingerprint density at radius 2 is 1.88 bits per heavy atom. The number of rotatable bonds is 3. The van der Waals surface area contributed by atoms with Crippen molar-refractivity contribution in [2.24, 2.45) is 0 Å². The van der Waals surface area contributed by atoms with Gasteiger partial charge in [-0.15, -0.1) is 0 Å². The summed E-state index contributed by atoms with van der Waals surface area (Å²) in [6.07, 6.45) is 3.92. The predicted molar refractivity (Wildman–Crippen MR) is 92.4 cm³/mol. The number of fused-ring (bicyclic) bond motifs is 1. The van der Waals surface area contributed by atoms with E-state index in [-0.39, 0.29) is 11.5 Å². The van der Waals surface area contributed by atoms with Gasteiger partial charge in [-0.2, -0.15) is 0 Å². The van der Waals surface area contributed by atoms with Gasteiger partial charge in [0.15, 0.2) is 6.10 Å². The fourth-order valence-electron chi connectivity index (χ4n) is 3.18. The van der Waals surface area contributed by atoms with Crippen LogP contribution in [0.2, 0.25) is 0 Å². The Labute approximate surface area is 141 Å². The van der Waals surface area contributed by atoms with E-state index in [2.05, 4.69) is 0 Å². The number of nitrogens with zero attached hydrogens (tertiary/aromatic N) is 1. The van der Waals surface area contributed by atoms with Crippen molar-refractivity contribution in [3.63, 3.8) is 0 Å². The molecule has 1 aliphatic heterocycles. The van der Waals surface area contributed by atoms with Crippen LogP contribution in [-0.2, 0) is 4.79 Å². The van der Waals surface area contributed by atoms with Crippen LogP contribution in [0.3, 0.4) is 0 Å². The summed E-state index contributed by atoms with van der Waals surface area (Å²) in [6.45, 7) is 5.24. The Morgan fingerprint density at radius 3 is 2.58 bits per heavy atom. The van der Waals surface area contributed by atoms with E-state index >= 15 is 0 Å². The van der Waals surface area contributed by atoms with Gasteiger partial charge in [0.1, 0.15) is 11.3 Å². The van der Waals surface area contributed by atoms with Crippen molar-refractivity contribution in [1.82, 2.24) is 4.90 Å². The predicted octanol–water partition coefficient (Wildman–Crippen LogP) is 3.27. The van der Waals surface area contributed by atoms with Crippen LogP contribution in [0.25, 0.3) is 11.0 Å². The van der Waals surface area contributed by atoms with Crippen LogP contribution in [-0.4, -0.2) is 30.0 Å². The Morgan fingerprint density at radius 1 is 1.17 bits per heavy atom. The zero-order valence-corrected chi connectivity index (χ0v) is 14.2. The average molecular weight is 329 g/mol. The number of hydrogen-bond acceptors (Lipinski definition) is 4. The second-order valence-electron chi connectivity index (χ2n) is 6.41. The summed E-state index contributed by atoms with van der Waals surface area (Å²) >= 11 is 0. The van der Waals surface area contributed by atoms with Gasteiger partial charge in [-0.05, 0) is 44.4 Å². The van der Waals surface area contributed by atoms with E-state index in [1.807, 2.05) is 24.0 Å². The van der Waals surface area contributed by atoms with Crippen LogP contribution in [0, 0.1) is 6.92 Å². The average Bonchev–Trinajstić information content (AvgIpc) is 2.82. The molecule has 0 spiro atoms. The third kappa shape index (κ3) is 3.61. The molecule has 0 radical (unpaired) electrons. The number of carbonyl (C=O) groups is 1. The smallest absolute Gasteiger partial charge is 0.336 e. The Balaban J connectivity index is 1.76. The number of ether oxygens (including phenoxy) is 1. The number of carbonyl (C=O) groups excluding carboxylic acids is 1. The van der Waals surface area contributed by atoms with Gasteiger partial charge in [-0.25, -0.2) is 4.79 Å². The highest BCUT2D eigenvalue weighted by Crippen LogP contribution is 2.23. The van der Waals surface area contributed by atoms with Crippen LogP contribution in [0.4, 0.5) is 0 Å². The lowest BCUT2D eigenvalue weighted by Gasteiger charge is -2.24. The van der Waals surface area contributed by atoms with Gasteiger partial charge < -0.3 is 14.1 Å². The molecular weight excluding hydrogens is 306 g/mol. The van der Waals surface area contributed by atoms with Gasteiger partial charge in [-0.1, -0.05) is 12.8 Å². The van der Waals surface area contributed by atoms with E-state index in [0.717, 1.165) is 36.9 Å². The zero-order valence-electron chi connectivity index (χ0n) is 14.2. The maximum absolute atomic E-state index is 12.6. The number of amides is 1. The summed E-state index contributed by atoms with van der Waals surface area (Å²) in [5.41, 5.74) is 0.958. The van der Waals surface area contributed by atoms with Crippen LogP contribution in [0.15, 0.2) is 33.5 Å². The van der Waals surface area contributed by atoms with Crippen molar-refractivity contribution in [3.05, 3.63) is 40.2 Å². The van der Waals surface area contributed by atoms with Gasteiger partial charge in [-0.3, -0.25) is 4.79 Å². The summed E-state index contributed by atoms with van der Waals surface area (Å²) in [5.74, 6) is 0.551. The highest BCUT2D eigenvalue weighted by Gasteiger charge is 2.23. The first-order chi connectivity index (χ1) is 11.5. The Hall–Kier alpha value is -2.30. The highest BCUT2D eigenvalue weighted by molar-refractivity contribution is 5.82. The molecule has 0 saturated carbocycles. The summed E-state index contributed by atoms with van der Waals surface area (Å²) in [5, 5.41) is 0.869. The molecule has 24 heavy (non-hydrogen) atoms. The molecule has 1 saturated heterocycles.